The molecule has 0 saturated carbocycles. The molecular weight excluding hydrogens is 306 g/mol. The normalized spacial score (nSPS) is 15.5. The molecule has 2 aromatic heterocycles. The van der Waals surface area contributed by atoms with Crippen LogP contribution in [-0.4, -0.2) is 65.5 Å². The van der Waals surface area contributed by atoms with Crippen molar-refractivity contribution in [1.29, 1.82) is 0 Å². The fraction of sp³-hybridized carbons (Fsp3) is 0.471. The number of aromatic amines is 1. The highest BCUT2D eigenvalue weighted by molar-refractivity contribution is 5.98. The van der Waals surface area contributed by atoms with Crippen LogP contribution in [0.5, 0.6) is 5.88 Å². The number of ether oxygens (including phenoxy) is 1. The maximum Gasteiger partial charge on any atom is 0.228 e. The smallest absolute Gasteiger partial charge is 0.228 e. The van der Waals surface area contributed by atoms with Gasteiger partial charge in [-0.1, -0.05) is 0 Å². The Kier molecular flexibility index (Phi) is 4.80. The molecule has 2 aromatic rings. The van der Waals surface area contributed by atoms with Crippen molar-refractivity contribution < 1.29 is 9.53 Å². The van der Waals surface area contributed by atoms with Gasteiger partial charge in [0.15, 0.2) is 5.78 Å². The number of hydrogen-bond donors (Lipinski definition) is 1. The van der Waals surface area contributed by atoms with Gasteiger partial charge in [-0.15, -0.1) is 0 Å². The molecule has 7 heteroatoms. The third kappa shape index (κ3) is 3.56. The molecule has 0 spiro atoms. The first-order valence-electron chi connectivity index (χ1n) is 8.10. The molecule has 3 heterocycles. The molecule has 0 unspecified atom stereocenters. The first-order valence-corrected chi connectivity index (χ1v) is 8.10. The Labute approximate surface area is 141 Å². The van der Waals surface area contributed by atoms with Crippen molar-refractivity contribution in [2.75, 3.05) is 44.7 Å². The number of rotatable bonds is 5. The van der Waals surface area contributed by atoms with Crippen LogP contribution in [0, 0.1) is 13.8 Å². The second kappa shape index (κ2) is 7.00. The number of nitrogens with one attached hydrogen (secondary N) is 1. The molecule has 1 aliphatic rings. The van der Waals surface area contributed by atoms with Gasteiger partial charge in [-0.25, -0.2) is 4.98 Å². The van der Waals surface area contributed by atoms with Crippen LogP contribution in [0.3, 0.4) is 0 Å². The molecule has 128 valence electrons. The van der Waals surface area contributed by atoms with Crippen LogP contribution in [-0.2, 0) is 0 Å². The van der Waals surface area contributed by atoms with Crippen LogP contribution in [0.15, 0.2) is 18.3 Å². The number of aromatic nitrogens is 3. The Morgan fingerprint density at radius 2 is 2.04 bits per heavy atom. The van der Waals surface area contributed by atoms with Crippen molar-refractivity contribution in [2.45, 2.75) is 13.8 Å². The number of methoxy groups -OCH3 is 1. The molecule has 1 fully saturated rings. The predicted octanol–water partition coefficient (Wildman–Crippen LogP) is 1.44. The largest absolute Gasteiger partial charge is 0.481 e. The summed E-state index contributed by atoms with van der Waals surface area (Å²) in [5.41, 5.74) is 2.77. The van der Waals surface area contributed by atoms with Gasteiger partial charge in [0, 0.05) is 55.4 Å². The van der Waals surface area contributed by atoms with Crippen molar-refractivity contribution in [3.63, 3.8) is 0 Å². The molecule has 24 heavy (non-hydrogen) atoms. The molecule has 3 rings (SSSR count). The molecule has 0 aromatic carbocycles. The molecule has 1 aliphatic heterocycles. The van der Waals surface area contributed by atoms with Crippen LogP contribution in [0.25, 0.3) is 0 Å². The first-order chi connectivity index (χ1) is 11.6. The minimum absolute atomic E-state index is 0.169. The first kappa shape index (κ1) is 16.4. The van der Waals surface area contributed by atoms with Crippen molar-refractivity contribution in [2.24, 2.45) is 0 Å². The summed E-state index contributed by atoms with van der Waals surface area (Å²) in [4.78, 5) is 28.6. The van der Waals surface area contributed by atoms with E-state index in [1.54, 1.807) is 19.4 Å². The van der Waals surface area contributed by atoms with Crippen LogP contribution in [0.2, 0.25) is 0 Å². The highest BCUT2D eigenvalue weighted by Crippen LogP contribution is 2.15. The highest BCUT2D eigenvalue weighted by Gasteiger charge is 2.22. The van der Waals surface area contributed by atoms with E-state index in [-0.39, 0.29) is 5.78 Å². The SMILES string of the molecule is COc1ccnc(N2CCN(CC(=O)c3cc(C)[nH]c3C)CC2)n1. The summed E-state index contributed by atoms with van der Waals surface area (Å²) in [5, 5.41) is 0. The van der Waals surface area contributed by atoms with Crippen LogP contribution in [0.1, 0.15) is 21.7 Å². The van der Waals surface area contributed by atoms with E-state index < -0.39 is 0 Å². The number of H-pyrrole nitrogens is 1. The standard InChI is InChI=1S/C17H23N5O2/c1-12-10-14(13(2)19-12)15(23)11-21-6-8-22(9-7-21)17-18-5-4-16(20-17)24-3/h4-5,10,19H,6-9,11H2,1-3H3. The predicted molar refractivity (Wildman–Crippen MR) is 91.8 cm³/mol. The molecule has 1 saturated heterocycles. The Balaban J connectivity index is 1.57. The van der Waals surface area contributed by atoms with Crippen LogP contribution >= 0.6 is 0 Å². The van der Waals surface area contributed by atoms with Gasteiger partial charge in [0.2, 0.25) is 11.8 Å². The van der Waals surface area contributed by atoms with E-state index in [1.165, 1.54) is 0 Å². The van der Waals surface area contributed by atoms with Gasteiger partial charge in [0.1, 0.15) is 0 Å². The highest BCUT2D eigenvalue weighted by atomic mass is 16.5. The number of hydrogen-bond acceptors (Lipinski definition) is 6. The fourth-order valence-electron chi connectivity index (χ4n) is 3.01. The van der Waals surface area contributed by atoms with E-state index in [0.717, 1.165) is 43.1 Å². The minimum Gasteiger partial charge on any atom is -0.481 e. The summed E-state index contributed by atoms with van der Waals surface area (Å²) in [7, 11) is 1.60. The molecule has 7 nitrogen and oxygen atoms in total. The van der Waals surface area contributed by atoms with Crippen LogP contribution < -0.4 is 9.64 Å². The quantitative estimate of drug-likeness (QED) is 0.837. The lowest BCUT2D eigenvalue weighted by molar-refractivity contribution is 0.0925. The Bertz CT molecular complexity index is 720. The summed E-state index contributed by atoms with van der Waals surface area (Å²) in [6.07, 6.45) is 1.70. The van der Waals surface area contributed by atoms with Crippen molar-refractivity contribution >= 4 is 11.7 Å². The number of Topliss-reactive ketones (excluding diaryl/α,β-unsaturated/α-hetero) is 1. The Morgan fingerprint density at radius 1 is 1.29 bits per heavy atom. The number of piperazine rings is 1. The van der Waals surface area contributed by atoms with Gasteiger partial charge >= 0.3 is 0 Å². The van der Waals surface area contributed by atoms with E-state index in [0.29, 0.717) is 18.4 Å². The lowest BCUT2D eigenvalue weighted by Crippen LogP contribution is -2.48. The van der Waals surface area contributed by atoms with Gasteiger partial charge in [0.25, 0.3) is 0 Å². The van der Waals surface area contributed by atoms with E-state index in [1.807, 2.05) is 19.9 Å². The Hall–Kier alpha value is -2.41. The summed E-state index contributed by atoms with van der Waals surface area (Å²) >= 11 is 0. The summed E-state index contributed by atoms with van der Waals surface area (Å²) < 4.78 is 5.15. The average Bonchev–Trinajstić information content (AvgIpc) is 2.94. The van der Waals surface area contributed by atoms with E-state index in [9.17, 15) is 4.79 Å². The van der Waals surface area contributed by atoms with Crippen molar-refractivity contribution in [3.05, 3.63) is 35.3 Å². The van der Waals surface area contributed by atoms with E-state index in [4.69, 9.17) is 4.74 Å². The number of nitrogens with zero attached hydrogens (tertiary/aromatic N) is 4. The summed E-state index contributed by atoms with van der Waals surface area (Å²) in [6.45, 7) is 7.58. The third-order valence-corrected chi connectivity index (χ3v) is 4.30. The summed E-state index contributed by atoms with van der Waals surface area (Å²) in [5.74, 6) is 1.41. The van der Waals surface area contributed by atoms with Crippen LogP contribution in [0.4, 0.5) is 5.95 Å². The lowest BCUT2D eigenvalue weighted by Gasteiger charge is -2.34. The van der Waals surface area contributed by atoms with Gasteiger partial charge in [0.05, 0.1) is 13.7 Å². The minimum atomic E-state index is 0.169. The second-order valence-corrected chi connectivity index (χ2v) is 6.08. The number of carbonyl (C=O) groups excluding carboxylic acids is 1. The van der Waals surface area contributed by atoms with Crippen molar-refractivity contribution in [1.82, 2.24) is 19.9 Å². The molecule has 1 N–H and O–H groups in total. The third-order valence-electron chi connectivity index (χ3n) is 4.30. The zero-order valence-corrected chi connectivity index (χ0v) is 14.4. The second-order valence-electron chi connectivity index (χ2n) is 6.08. The average molecular weight is 329 g/mol. The maximum absolute atomic E-state index is 12.5. The number of ketones is 1. The molecule has 0 amide bonds. The van der Waals surface area contributed by atoms with Gasteiger partial charge < -0.3 is 14.6 Å². The molecular formula is C17H23N5O2. The topological polar surface area (TPSA) is 74.3 Å². The number of carbonyl (C=O) groups is 1. The zero-order valence-electron chi connectivity index (χ0n) is 14.4. The molecule has 0 atom stereocenters. The van der Waals surface area contributed by atoms with Gasteiger partial charge in [-0.2, -0.15) is 4.98 Å². The van der Waals surface area contributed by atoms with E-state index >= 15 is 0 Å². The Morgan fingerprint density at radius 3 is 2.67 bits per heavy atom. The number of anilines is 1. The van der Waals surface area contributed by atoms with Gasteiger partial charge in [-0.05, 0) is 19.9 Å². The molecule has 0 radical (unpaired) electrons. The molecule has 0 aliphatic carbocycles. The van der Waals surface area contributed by atoms with Gasteiger partial charge in [-0.3, -0.25) is 9.69 Å². The van der Waals surface area contributed by atoms with E-state index in [2.05, 4.69) is 24.8 Å². The fourth-order valence-corrected chi connectivity index (χ4v) is 3.01. The molecule has 0 bridgehead atoms. The lowest BCUT2D eigenvalue weighted by atomic mass is 10.1. The monoisotopic (exact) mass is 329 g/mol. The maximum atomic E-state index is 12.5. The number of aryl methyl sites for hydroxylation is 2. The zero-order chi connectivity index (χ0) is 17.1. The van der Waals surface area contributed by atoms with Crippen molar-refractivity contribution in [3.8, 4) is 5.88 Å². The summed E-state index contributed by atoms with van der Waals surface area (Å²) in [6, 6.07) is 3.66.